The van der Waals surface area contributed by atoms with Crippen molar-refractivity contribution < 1.29 is 22.0 Å². The van der Waals surface area contributed by atoms with Crippen molar-refractivity contribution in [1.82, 2.24) is 15.1 Å². The second-order valence-corrected chi connectivity index (χ2v) is 9.38. The van der Waals surface area contributed by atoms with E-state index in [-0.39, 0.29) is 46.4 Å². The highest BCUT2D eigenvalue weighted by Gasteiger charge is 2.42. The van der Waals surface area contributed by atoms with Gasteiger partial charge in [-0.1, -0.05) is 11.8 Å². The van der Waals surface area contributed by atoms with E-state index in [4.69, 9.17) is 8.83 Å². The van der Waals surface area contributed by atoms with Crippen molar-refractivity contribution in [2.24, 2.45) is 0 Å². The molecule has 1 aliphatic carbocycles. The standard InChI is InChI=1S/C15H17N3O5S2/c19-13(18(10-3-4-10)11-5-7-25(20,21)9-11)8-24-15-17-16-14(23-15)12-2-1-6-22-12/h1-2,6,10-11H,3-5,7-9H2/t11-/m0/s1. The van der Waals surface area contributed by atoms with Gasteiger partial charge in [0, 0.05) is 12.1 Å². The van der Waals surface area contributed by atoms with Gasteiger partial charge in [0.25, 0.3) is 11.1 Å². The minimum Gasteiger partial charge on any atom is -0.459 e. The molecule has 1 atom stereocenters. The van der Waals surface area contributed by atoms with Crippen LogP contribution in [-0.2, 0) is 14.6 Å². The third kappa shape index (κ3) is 3.74. The lowest BCUT2D eigenvalue weighted by atomic mass is 10.2. The van der Waals surface area contributed by atoms with E-state index < -0.39 is 9.84 Å². The van der Waals surface area contributed by atoms with Crippen LogP contribution < -0.4 is 0 Å². The van der Waals surface area contributed by atoms with Crippen LogP contribution in [0.4, 0.5) is 0 Å². The molecule has 0 unspecified atom stereocenters. The maximum Gasteiger partial charge on any atom is 0.284 e. The Balaban J connectivity index is 1.39. The molecule has 0 aromatic carbocycles. The van der Waals surface area contributed by atoms with Gasteiger partial charge >= 0.3 is 0 Å². The van der Waals surface area contributed by atoms with Gasteiger partial charge in [0.15, 0.2) is 15.6 Å². The average molecular weight is 383 g/mol. The second kappa shape index (κ2) is 6.49. The Hall–Kier alpha value is -1.81. The monoisotopic (exact) mass is 383 g/mol. The van der Waals surface area contributed by atoms with E-state index in [1.54, 1.807) is 17.0 Å². The summed E-state index contributed by atoms with van der Waals surface area (Å²) in [6.45, 7) is 0. The molecule has 3 heterocycles. The molecular weight excluding hydrogens is 366 g/mol. The van der Waals surface area contributed by atoms with Crippen molar-refractivity contribution >= 4 is 27.5 Å². The molecule has 1 saturated heterocycles. The number of rotatable bonds is 6. The van der Waals surface area contributed by atoms with Gasteiger partial charge in [-0.05, 0) is 31.4 Å². The summed E-state index contributed by atoms with van der Waals surface area (Å²) in [7, 11) is -3.02. The number of carbonyl (C=O) groups is 1. The van der Waals surface area contributed by atoms with Gasteiger partial charge < -0.3 is 13.7 Å². The Morgan fingerprint density at radius 2 is 2.12 bits per heavy atom. The van der Waals surface area contributed by atoms with E-state index in [1.165, 1.54) is 6.26 Å². The summed E-state index contributed by atoms with van der Waals surface area (Å²) in [5, 5.41) is 8.08. The Kier molecular flexibility index (Phi) is 4.32. The molecule has 134 valence electrons. The third-order valence-corrected chi connectivity index (χ3v) is 6.84. The van der Waals surface area contributed by atoms with Gasteiger partial charge in [0.05, 0.1) is 23.5 Å². The first kappa shape index (κ1) is 16.6. The first-order valence-electron chi connectivity index (χ1n) is 8.03. The number of furan rings is 1. The van der Waals surface area contributed by atoms with Crippen LogP contribution in [0.2, 0.25) is 0 Å². The molecule has 2 aromatic rings. The number of carbonyl (C=O) groups excluding carboxylic acids is 1. The molecular formula is C15H17N3O5S2. The topological polar surface area (TPSA) is 107 Å². The predicted octanol–water partition coefficient (Wildman–Crippen LogP) is 1.60. The molecule has 2 aromatic heterocycles. The number of hydrogen-bond acceptors (Lipinski definition) is 8. The number of hydrogen-bond donors (Lipinski definition) is 0. The van der Waals surface area contributed by atoms with Crippen LogP contribution in [0, 0.1) is 0 Å². The zero-order valence-electron chi connectivity index (χ0n) is 13.3. The molecule has 25 heavy (non-hydrogen) atoms. The second-order valence-electron chi connectivity index (χ2n) is 6.23. The van der Waals surface area contributed by atoms with Gasteiger partial charge in [-0.3, -0.25) is 4.79 Å². The lowest BCUT2D eigenvalue weighted by Gasteiger charge is -2.28. The highest BCUT2D eigenvalue weighted by atomic mass is 32.2. The van der Waals surface area contributed by atoms with Crippen LogP contribution >= 0.6 is 11.8 Å². The Morgan fingerprint density at radius 3 is 2.76 bits per heavy atom. The lowest BCUT2D eigenvalue weighted by Crippen LogP contribution is -2.43. The van der Waals surface area contributed by atoms with Gasteiger partial charge in [0.1, 0.15) is 0 Å². The van der Waals surface area contributed by atoms with Crippen LogP contribution in [0.1, 0.15) is 19.3 Å². The van der Waals surface area contributed by atoms with Gasteiger partial charge in [-0.2, -0.15) is 0 Å². The van der Waals surface area contributed by atoms with E-state index >= 15 is 0 Å². The van der Waals surface area contributed by atoms with Crippen molar-refractivity contribution in [3.8, 4) is 11.7 Å². The molecule has 0 N–H and O–H groups in total. The summed E-state index contributed by atoms with van der Waals surface area (Å²) in [5.41, 5.74) is 0. The molecule has 1 aliphatic heterocycles. The molecule has 4 rings (SSSR count). The fourth-order valence-electron chi connectivity index (χ4n) is 3.02. The van der Waals surface area contributed by atoms with Crippen molar-refractivity contribution in [1.29, 1.82) is 0 Å². The summed E-state index contributed by atoms with van der Waals surface area (Å²) in [6, 6.07) is 3.40. The lowest BCUT2D eigenvalue weighted by molar-refractivity contribution is -0.130. The van der Waals surface area contributed by atoms with Gasteiger partial charge in [0.2, 0.25) is 5.91 Å². The quantitative estimate of drug-likeness (QED) is 0.693. The molecule has 1 amide bonds. The van der Waals surface area contributed by atoms with E-state index in [0.29, 0.717) is 12.2 Å². The Labute approximate surface area is 148 Å². The Morgan fingerprint density at radius 1 is 1.28 bits per heavy atom. The van der Waals surface area contributed by atoms with E-state index in [0.717, 1.165) is 24.6 Å². The minimum absolute atomic E-state index is 0.0725. The predicted molar refractivity (Wildman–Crippen MR) is 89.7 cm³/mol. The molecule has 0 spiro atoms. The van der Waals surface area contributed by atoms with E-state index in [2.05, 4.69) is 10.2 Å². The number of amides is 1. The maximum absolute atomic E-state index is 12.6. The minimum atomic E-state index is -3.02. The van der Waals surface area contributed by atoms with E-state index in [9.17, 15) is 13.2 Å². The van der Waals surface area contributed by atoms with Crippen molar-refractivity contribution in [3.05, 3.63) is 18.4 Å². The first-order valence-corrected chi connectivity index (χ1v) is 10.8. The van der Waals surface area contributed by atoms with Crippen LogP contribution in [0.15, 0.2) is 32.5 Å². The molecule has 0 bridgehead atoms. The highest BCUT2D eigenvalue weighted by molar-refractivity contribution is 7.99. The normalized spacial score (nSPS) is 22.2. The largest absolute Gasteiger partial charge is 0.459 e. The van der Waals surface area contributed by atoms with Crippen LogP contribution in [-0.4, -0.2) is 58.8 Å². The SMILES string of the molecule is O=C(CSc1nnc(-c2ccco2)o1)N(C1CC1)[C@H]1CCS(=O)(=O)C1. The number of sulfone groups is 1. The summed E-state index contributed by atoms with van der Waals surface area (Å²) in [6.07, 6.45) is 3.92. The van der Waals surface area contributed by atoms with Crippen LogP contribution in [0.25, 0.3) is 11.7 Å². The fourth-order valence-corrected chi connectivity index (χ4v) is 5.36. The summed E-state index contributed by atoms with van der Waals surface area (Å²) < 4.78 is 34.1. The van der Waals surface area contributed by atoms with Gasteiger partial charge in [-0.15, -0.1) is 10.2 Å². The van der Waals surface area contributed by atoms with Crippen LogP contribution in [0.3, 0.4) is 0 Å². The molecule has 0 radical (unpaired) electrons. The molecule has 1 saturated carbocycles. The highest BCUT2D eigenvalue weighted by Crippen LogP contribution is 2.33. The number of nitrogens with zero attached hydrogens (tertiary/aromatic N) is 3. The molecule has 8 nitrogen and oxygen atoms in total. The first-order chi connectivity index (χ1) is 12.0. The zero-order valence-corrected chi connectivity index (χ0v) is 15.0. The molecule has 2 aliphatic rings. The zero-order chi connectivity index (χ0) is 17.4. The molecule has 2 fully saturated rings. The van der Waals surface area contributed by atoms with Gasteiger partial charge in [-0.25, -0.2) is 8.42 Å². The van der Waals surface area contributed by atoms with E-state index in [1.807, 2.05) is 0 Å². The summed E-state index contributed by atoms with van der Waals surface area (Å²) in [5.74, 6) is 1.04. The summed E-state index contributed by atoms with van der Waals surface area (Å²) in [4.78, 5) is 14.4. The number of thioether (sulfide) groups is 1. The fraction of sp³-hybridized carbons (Fsp3) is 0.533. The Bertz CT molecular complexity index is 858. The van der Waals surface area contributed by atoms with Crippen molar-refractivity contribution in [3.63, 3.8) is 0 Å². The average Bonchev–Trinajstić information content (AvgIpc) is 3.00. The summed E-state index contributed by atoms with van der Waals surface area (Å²) >= 11 is 1.16. The van der Waals surface area contributed by atoms with Crippen LogP contribution in [0.5, 0.6) is 0 Å². The number of aromatic nitrogens is 2. The third-order valence-electron chi connectivity index (χ3n) is 4.29. The smallest absolute Gasteiger partial charge is 0.284 e. The van der Waals surface area contributed by atoms with Crippen molar-refractivity contribution in [2.75, 3.05) is 17.3 Å². The molecule has 10 heteroatoms. The maximum atomic E-state index is 12.6. The van der Waals surface area contributed by atoms with Crippen molar-refractivity contribution in [2.45, 2.75) is 36.6 Å².